The summed E-state index contributed by atoms with van der Waals surface area (Å²) in [5.41, 5.74) is -0.591. The van der Waals surface area contributed by atoms with Gasteiger partial charge in [-0.1, -0.05) is 12.1 Å². The van der Waals surface area contributed by atoms with Crippen LogP contribution in [0, 0.1) is 5.82 Å². The summed E-state index contributed by atoms with van der Waals surface area (Å²) >= 11 is 0. The second kappa shape index (κ2) is 4.81. The predicted molar refractivity (Wildman–Crippen MR) is 64.0 cm³/mol. The quantitative estimate of drug-likeness (QED) is 0.889. The zero-order valence-electron chi connectivity index (χ0n) is 9.41. The molecule has 0 saturated carbocycles. The van der Waals surface area contributed by atoms with Crippen LogP contribution in [0.2, 0.25) is 0 Å². The zero-order chi connectivity index (χ0) is 14.0. The number of para-hydroxylation sites is 1. The smallest absolute Gasteiger partial charge is 0.355 e. The van der Waals surface area contributed by atoms with E-state index in [1.165, 1.54) is 18.2 Å². The van der Waals surface area contributed by atoms with Crippen molar-refractivity contribution in [3.8, 4) is 5.75 Å². The van der Waals surface area contributed by atoms with Crippen LogP contribution >= 0.6 is 0 Å². The minimum absolute atomic E-state index is 0.123. The average molecular weight is 285 g/mol. The third-order valence-corrected chi connectivity index (χ3v) is 3.61. The van der Waals surface area contributed by atoms with Gasteiger partial charge in [0.2, 0.25) is 0 Å². The third kappa shape index (κ3) is 2.79. The zero-order valence-corrected chi connectivity index (χ0v) is 10.2. The fraction of sp³-hybridized carbons (Fsp3) is 0.0909. The molecule has 1 heterocycles. The molecule has 6 nitrogen and oxygen atoms in total. The molecule has 1 aromatic carbocycles. The molecule has 19 heavy (non-hydrogen) atoms. The Morgan fingerprint density at radius 1 is 1.37 bits per heavy atom. The number of sulfonamides is 1. The third-order valence-electron chi connectivity index (χ3n) is 2.27. The number of ether oxygens (including phenoxy) is 1. The van der Waals surface area contributed by atoms with Gasteiger partial charge in [-0.2, -0.15) is 12.8 Å². The van der Waals surface area contributed by atoms with Gasteiger partial charge in [0, 0.05) is 0 Å². The number of hydrogen-bond acceptors (Lipinski definition) is 4. The van der Waals surface area contributed by atoms with Crippen molar-refractivity contribution in [2.75, 3.05) is 6.61 Å². The van der Waals surface area contributed by atoms with E-state index in [0.717, 1.165) is 12.1 Å². The summed E-state index contributed by atoms with van der Waals surface area (Å²) < 4.78 is 44.3. The van der Waals surface area contributed by atoms with Crippen molar-refractivity contribution in [2.45, 2.75) is 0 Å². The molecule has 1 aliphatic heterocycles. The molecule has 0 saturated heterocycles. The monoisotopic (exact) mass is 285 g/mol. The largest absolute Gasteiger partial charge is 0.485 e. The van der Waals surface area contributed by atoms with Crippen molar-refractivity contribution in [3.05, 3.63) is 41.1 Å². The van der Waals surface area contributed by atoms with Crippen LogP contribution < -0.4 is 4.74 Å². The first-order chi connectivity index (χ1) is 8.90. The van der Waals surface area contributed by atoms with Crippen molar-refractivity contribution in [1.29, 1.82) is 0 Å². The van der Waals surface area contributed by atoms with E-state index in [0.29, 0.717) is 0 Å². The number of benzene rings is 1. The number of hydrogen-bond donors (Lipinski definition) is 1. The van der Waals surface area contributed by atoms with Crippen LogP contribution in [0.15, 0.2) is 39.6 Å². The molecule has 0 aromatic heterocycles. The molecule has 0 fully saturated rings. The summed E-state index contributed by atoms with van der Waals surface area (Å²) in [5, 5.41) is 8.65. The van der Waals surface area contributed by atoms with Crippen LogP contribution in [0.1, 0.15) is 0 Å². The second-order valence-corrected chi connectivity index (χ2v) is 5.24. The summed E-state index contributed by atoms with van der Waals surface area (Å²) in [6.07, 6.45) is 0.887. The Morgan fingerprint density at radius 3 is 2.63 bits per heavy atom. The van der Waals surface area contributed by atoms with Gasteiger partial charge in [0.05, 0.1) is 0 Å². The standard InChI is InChI=1S/C11H8FNO5S/c12-8-3-1-2-4-10(8)18-6-7-5-9(11(14)15)13-19(7,16)17/h1-5H,6H2,(H,14,15). The minimum Gasteiger partial charge on any atom is -0.485 e. The number of aliphatic carboxylic acids is 1. The lowest BCUT2D eigenvalue weighted by Gasteiger charge is -2.06. The Labute approximate surface area is 107 Å². The maximum Gasteiger partial charge on any atom is 0.355 e. The summed E-state index contributed by atoms with van der Waals surface area (Å²) in [4.78, 5) is 10.3. The van der Waals surface area contributed by atoms with Gasteiger partial charge < -0.3 is 9.84 Å². The lowest BCUT2D eigenvalue weighted by atomic mass is 10.3. The van der Waals surface area contributed by atoms with Gasteiger partial charge >= 0.3 is 5.97 Å². The Morgan fingerprint density at radius 2 is 2.05 bits per heavy atom. The van der Waals surface area contributed by atoms with Crippen LogP contribution in [0.3, 0.4) is 0 Å². The van der Waals surface area contributed by atoms with Crippen molar-refractivity contribution in [2.24, 2.45) is 4.40 Å². The van der Waals surface area contributed by atoms with Crippen LogP contribution in [0.5, 0.6) is 5.75 Å². The number of halogens is 1. The van der Waals surface area contributed by atoms with E-state index < -0.39 is 34.1 Å². The molecule has 1 aromatic rings. The molecule has 0 unspecified atom stereocenters. The van der Waals surface area contributed by atoms with E-state index in [2.05, 4.69) is 4.40 Å². The molecular weight excluding hydrogens is 277 g/mol. The van der Waals surface area contributed by atoms with Crippen molar-refractivity contribution >= 4 is 21.7 Å². The number of nitrogens with zero attached hydrogens (tertiary/aromatic N) is 1. The molecule has 1 N–H and O–H groups in total. The highest BCUT2D eigenvalue weighted by molar-refractivity contribution is 7.94. The van der Waals surface area contributed by atoms with E-state index in [4.69, 9.17) is 9.84 Å². The van der Waals surface area contributed by atoms with E-state index in [1.807, 2.05) is 0 Å². The van der Waals surface area contributed by atoms with Crippen LogP contribution in [-0.4, -0.2) is 31.8 Å². The van der Waals surface area contributed by atoms with E-state index in [1.54, 1.807) is 0 Å². The number of rotatable bonds is 4. The predicted octanol–water partition coefficient (Wildman–Crippen LogP) is 0.957. The first kappa shape index (κ1) is 13.2. The van der Waals surface area contributed by atoms with E-state index >= 15 is 0 Å². The number of carbonyl (C=O) groups is 1. The molecule has 1 aliphatic rings. The minimum atomic E-state index is -4.04. The topological polar surface area (TPSA) is 93.0 Å². The summed E-state index contributed by atoms with van der Waals surface area (Å²) in [6.45, 7) is -0.483. The summed E-state index contributed by atoms with van der Waals surface area (Å²) in [6, 6.07) is 5.47. The highest BCUT2D eigenvalue weighted by Gasteiger charge is 2.28. The van der Waals surface area contributed by atoms with Gasteiger partial charge in [-0.05, 0) is 18.2 Å². The first-order valence-corrected chi connectivity index (χ1v) is 6.50. The van der Waals surface area contributed by atoms with E-state index in [9.17, 15) is 17.6 Å². The van der Waals surface area contributed by atoms with Gasteiger partial charge in [-0.25, -0.2) is 9.18 Å². The second-order valence-electron chi connectivity index (χ2n) is 3.59. The van der Waals surface area contributed by atoms with Gasteiger partial charge in [-0.15, -0.1) is 0 Å². The molecule has 0 radical (unpaired) electrons. The maximum atomic E-state index is 13.2. The lowest BCUT2D eigenvalue weighted by molar-refractivity contribution is -0.129. The van der Waals surface area contributed by atoms with Gasteiger partial charge in [-0.3, -0.25) is 0 Å². The lowest BCUT2D eigenvalue weighted by Crippen LogP contribution is -2.08. The number of carboxylic acids is 1. The first-order valence-electron chi connectivity index (χ1n) is 5.06. The van der Waals surface area contributed by atoms with Gasteiger partial charge in [0.25, 0.3) is 10.0 Å². The molecule has 0 amide bonds. The molecule has 0 atom stereocenters. The van der Waals surface area contributed by atoms with Crippen molar-refractivity contribution in [1.82, 2.24) is 0 Å². The highest BCUT2D eigenvalue weighted by atomic mass is 32.2. The van der Waals surface area contributed by atoms with Gasteiger partial charge in [0.15, 0.2) is 17.3 Å². The highest BCUT2D eigenvalue weighted by Crippen LogP contribution is 2.21. The van der Waals surface area contributed by atoms with Crippen molar-refractivity contribution in [3.63, 3.8) is 0 Å². The molecule has 0 spiro atoms. The Hall–Kier alpha value is -2.22. The SMILES string of the molecule is O=C(O)C1=NS(=O)(=O)C(COc2ccccc2F)=C1. The Bertz CT molecular complexity index is 693. The molecule has 8 heteroatoms. The number of carboxylic acid groups (broad SMARTS) is 1. The maximum absolute atomic E-state index is 13.2. The average Bonchev–Trinajstić information content (AvgIpc) is 2.64. The van der Waals surface area contributed by atoms with Crippen LogP contribution in [0.25, 0.3) is 0 Å². The summed E-state index contributed by atoms with van der Waals surface area (Å²) in [5.74, 6) is -2.22. The molecule has 0 bridgehead atoms. The van der Waals surface area contributed by atoms with Crippen molar-refractivity contribution < 1.29 is 27.4 Å². The molecular formula is C11H8FNO5S. The Balaban J connectivity index is 2.16. The van der Waals surface area contributed by atoms with Crippen LogP contribution in [0.4, 0.5) is 4.39 Å². The fourth-order valence-electron chi connectivity index (χ4n) is 1.37. The summed E-state index contributed by atoms with van der Waals surface area (Å²) in [7, 11) is -4.04. The molecule has 2 rings (SSSR count). The van der Waals surface area contributed by atoms with E-state index in [-0.39, 0.29) is 10.7 Å². The fourth-order valence-corrected chi connectivity index (χ4v) is 2.34. The Kier molecular flexibility index (Phi) is 3.34. The van der Waals surface area contributed by atoms with Gasteiger partial charge in [0.1, 0.15) is 11.5 Å². The van der Waals surface area contributed by atoms with Crippen LogP contribution in [-0.2, 0) is 14.8 Å². The molecule has 0 aliphatic carbocycles. The normalized spacial score (nSPS) is 16.7. The molecule has 100 valence electrons.